The molecule has 0 aliphatic heterocycles. The van der Waals surface area contributed by atoms with Crippen LogP contribution < -0.4 is 0 Å². The van der Waals surface area contributed by atoms with Crippen LogP contribution in [0.15, 0.2) is 0 Å². The summed E-state index contributed by atoms with van der Waals surface area (Å²) in [7, 11) is -5.96. The van der Waals surface area contributed by atoms with E-state index >= 15 is 0 Å². The summed E-state index contributed by atoms with van der Waals surface area (Å²) in [4.78, 5) is 11.2. The van der Waals surface area contributed by atoms with Crippen molar-refractivity contribution in [3.63, 3.8) is 0 Å². The highest BCUT2D eigenvalue weighted by Gasteiger charge is 2.68. The second-order valence-electron chi connectivity index (χ2n) is 10.2. The van der Waals surface area contributed by atoms with Gasteiger partial charge in [-0.2, -0.15) is 8.78 Å². The molecule has 0 saturated carbocycles. The summed E-state index contributed by atoms with van der Waals surface area (Å²) < 4.78 is 39.8. The van der Waals surface area contributed by atoms with Crippen LogP contribution >= 0.6 is 0 Å². The second kappa shape index (κ2) is 8.01. The minimum Gasteiger partial charge on any atom is -0.477 e. The largest absolute Gasteiger partial charge is 0.477 e. The molecule has 0 rings (SSSR count). The lowest BCUT2D eigenvalue weighted by molar-refractivity contribution is -0.341. The summed E-state index contributed by atoms with van der Waals surface area (Å²) in [5.74, 6) is -11.5. The van der Waals surface area contributed by atoms with Crippen molar-refractivity contribution in [2.45, 2.75) is 102 Å². The van der Waals surface area contributed by atoms with Crippen LogP contribution in [0.2, 0.25) is 36.3 Å². The molecule has 0 aliphatic carbocycles. The maximum atomic E-state index is 14.5. The first kappa shape index (κ1) is 27.6. The molecule has 168 valence electrons. The van der Waals surface area contributed by atoms with Crippen molar-refractivity contribution in [3.8, 4) is 0 Å². The predicted molar refractivity (Wildman–Crippen MR) is 106 cm³/mol. The topological polar surface area (TPSA) is 116 Å². The van der Waals surface area contributed by atoms with Crippen LogP contribution in [0, 0.1) is 0 Å². The van der Waals surface area contributed by atoms with E-state index in [0.29, 0.717) is 0 Å². The molecule has 0 aromatic carbocycles. The van der Waals surface area contributed by atoms with Gasteiger partial charge < -0.3 is 29.3 Å². The minimum atomic E-state index is -4.90. The van der Waals surface area contributed by atoms with Gasteiger partial charge in [0.1, 0.15) is 0 Å². The van der Waals surface area contributed by atoms with Gasteiger partial charge in [-0.05, 0) is 36.3 Å². The Bertz CT molecular complexity index is 571. The number of carboxylic acids is 1. The van der Waals surface area contributed by atoms with E-state index in [1.165, 1.54) is 13.1 Å². The van der Waals surface area contributed by atoms with Gasteiger partial charge in [0.2, 0.25) is 0 Å². The molecule has 11 heteroatoms. The molecule has 4 N–H and O–H groups in total. The normalized spacial score (nSPS) is 19.1. The lowest BCUT2D eigenvalue weighted by Gasteiger charge is -2.48. The molecule has 1 unspecified atom stereocenters. The number of hydrogen-bond donors (Lipinski definition) is 4. The minimum absolute atomic E-state index is 0.443. The standard InChI is InChI=1S/C17H36F2O7Si2/c1-14(2,3)27(7,8)25-12(21)11(20)17(24,16(18,19)13(22)23)26-28(9,10)15(4,5)6/h11-12,20-21,24H,1-10H3,(H,22,23)/t11-,12?,17+/m1/s1. The van der Waals surface area contributed by atoms with E-state index in [2.05, 4.69) is 0 Å². The average molecular weight is 447 g/mol. The van der Waals surface area contributed by atoms with Gasteiger partial charge in [0, 0.05) is 0 Å². The fourth-order valence-electron chi connectivity index (χ4n) is 1.74. The summed E-state index contributed by atoms with van der Waals surface area (Å²) in [6, 6.07) is 0. The Kier molecular flexibility index (Phi) is 7.88. The van der Waals surface area contributed by atoms with E-state index in [9.17, 15) is 28.9 Å². The molecule has 3 atom stereocenters. The number of halogens is 2. The quantitative estimate of drug-likeness (QED) is 0.334. The van der Waals surface area contributed by atoms with Crippen LogP contribution in [0.25, 0.3) is 0 Å². The number of aliphatic hydroxyl groups excluding tert-OH is 2. The number of carbonyl (C=O) groups is 1. The number of carboxylic acid groups (broad SMARTS) is 1. The van der Waals surface area contributed by atoms with Gasteiger partial charge in [-0.3, -0.25) is 0 Å². The highest BCUT2D eigenvalue weighted by atomic mass is 28.4. The highest BCUT2D eigenvalue weighted by molar-refractivity contribution is 6.74. The first-order chi connectivity index (χ1) is 11.9. The third kappa shape index (κ3) is 5.38. The molecule has 0 fully saturated rings. The molecule has 0 bridgehead atoms. The van der Waals surface area contributed by atoms with E-state index in [1.807, 2.05) is 20.8 Å². The zero-order chi connectivity index (χ0) is 23.1. The molecule has 0 aromatic heterocycles. The van der Waals surface area contributed by atoms with Crippen LogP contribution in [0.1, 0.15) is 41.5 Å². The summed E-state index contributed by atoms with van der Waals surface area (Å²) in [6.07, 6.45) is -5.00. The van der Waals surface area contributed by atoms with Crippen LogP contribution in [0.4, 0.5) is 8.78 Å². The molecule has 0 heterocycles. The van der Waals surface area contributed by atoms with Gasteiger partial charge in [0.15, 0.2) is 29.0 Å². The van der Waals surface area contributed by atoms with Crippen molar-refractivity contribution < 1.29 is 42.9 Å². The third-order valence-corrected chi connectivity index (χ3v) is 14.7. The van der Waals surface area contributed by atoms with Crippen molar-refractivity contribution in [1.29, 1.82) is 0 Å². The zero-order valence-electron chi connectivity index (χ0n) is 18.4. The summed E-state index contributed by atoms with van der Waals surface area (Å²) in [5, 5.41) is 39.2. The Morgan fingerprint density at radius 2 is 1.25 bits per heavy atom. The Labute approximate surface area is 167 Å². The van der Waals surface area contributed by atoms with Gasteiger partial charge in [-0.15, -0.1) is 0 Å². The van der Waals surface area contributed by atoms with E-state index in [4.69, 9.17) is 14.0 Å². The van der Waals surface area contributed by atoms with Gasteiger partial charge >= 0.3 is 11.9 Å². The predicted octanol–water partition coefficient (Wildman–Crippen LogP) is 3.12. The lowest BCUT2D eigenvalue weighted by Crippen LogP contribution is -2.69. The molecule has 0 aliphatic rings. The van der Waals surface area contributed by atoms with Crippen LogP contribution in [-0.2, 0) is 13.6 Å². The van der Waals surface area contributed by atoms with Crippen molar-refractivity contribution in [3.05, 3.63) is 0 Å². The van der Waals surface area contributed by atoms with Gasteiger partial charge in [0.25, 0.3) is 5.79 Å². The number of hydrogen-bond acceptors (Lipinski definition) is 6. The van der Waals surface area contributed by atoms with E-state index in [-0.39, 0.29) is 0 Å². The van der Waals surface area contributed by atoms with Crippen LogP contribution in [-0.4, -0.2) is 67.1 Å². The molecule has 0 amide bonds. The van der Waals surface area contributed by atoms with Crippen molar-refractivity contribution in [1.82, 2.24) is 0 Å². The summed E-state index contributed by atoms with van der Waals surface area (Å²) in [5.41, 5.74) is 0. The fraction of sp³-hybridized carbons (Fsp3) is 0.941. The molecule has 0 spiro atoms. The molecule has 7 nitrogen and oxygen atoms in total. The fourth-order valence-corrected chi connectivity index (χ4v) is 4.16. The van der Waals surface area contributed by atoms with Gasteiger partial charge in [0.05, 0.1) is 0 Å². The number of aliphatic carboxylic acids is 1. The van der Waals surface area contributed by atoms with Gasteiger partial charge in [-0.1, -0.05) is 41.5 Å². The molecule has 28 heavy (non-hydrogen) atoms. The van der Waals surface area contributed by atoms with E-state index < -0.39 is 56.8 Å². The average Bonchev–Trinajstić information content (AvgIpc) is 2.42. The van der Waals surface area contributed by atoms with Crippen molar-refractivity contribution in [2.24, 2.45) is 0 Å². The Balaban J connectivity index is 6.19. The molecular formula is C17H36F2O7Si2. The molecular weight excluding hydrogens is 410 g/mol. The monoisotopic (exact) mass is 446 g/mol. The Morgan fingerprint density at radius 3 is 1.54 bits per heavy atom. The zero-order valence-corrected chi connectivity index (χ0v) is 20.4. The van der Waals surface area contributed by atoms with Gasteiger partial charge in [-0.25, -0.2) is 4.79 Å². The molecule has 0 saturated heterocycles. The smallest absolute Gasteiger partial charge is 0.396 e. The maximum Gasteiger partial charge on any atom is 0.396 e. The summed E-state index contributed by atoms with van der Waals surface area (Å²) in [6.45, 7) is 16.9. The lowest BCUT2D eigenvalue weighted by atomic mass is 10.0. The van der Waals surface area contributed by atoms with Crippen molar-refractivity contribution >= 4 is 22.6 Å². The highest BCUT2D eigenvalue weighted by Crippen LogP contribution is 2.45. The third-order valence-electron chi connectivity index (χ3n) is 5.83. The first-order valence-electron chi connectivity index (χ1n) is 9.02. The van der Waals surface area contributed by atoms with Crippen molar-refractivity contribution in [2.75, 3.05) is 0 Å². The van der Waals surface area contributed by atoms with Crippen LogP contribution in [0.3, 0.4) is 0 Å². The number of rotatable bonds is 8. The van der Waals surface area contributed by atoms with E-state index in [0.717, 1.165) is 0 Å². The Hall–Kier alpha value is -0.436. The second-order valence-corrected chi connectivity index (χ2v) is 19.6. The summed E-state index contributed by atoms with van der Waals surface area (Å²) >= 11 is 0. The SMILES string of the molecule is CC(C)(C)[Si](C)(C)OC(O)[C@@H](O)[C@](O)(O[Si](C)(C)C(C)(C)C)C(F)(F)C(=O)O. The molecule has 0 radical (unpaired) electrons. The maximum absolute atomic E-state index is 14.5. The Morgan fingerprint density at radius 1 is 0.893 bits per heavy atom. The van der Waals surface area contributed by atoms with Crippen LogP contribution in [0.5, 0.6) is 0 Å². The molecule has 0 aromatic rings. The number of aliphatic hydroxyl groups is 3. The van der Waals surface area contributed by atoms with E-state index in [1.54, 1.807) is 33.9 Å². The number of alkyl halides is 2. The first-order valence-corrected chi connectivity index (χ1v) is 14.8.